The number of hydrogen-bond acceptors (Lipinski definition) is 2. The Hall–Kier alpha value is -1.35. The molecule has 0 saturated carbocycles. The van der Waals surface area contributed by atoms with E-state index in [-0.39, 0.29) is 5.41 Å². The van der Waals surface area contributed by atoms with Crippen LogP contribution in [-0.2, 0) is 17.8 Å². The summed E-state index contributed by atoms with van der Waals surface area (Å²) in [7, 11) is 0. The van der Waals surface area contributed by atoms with Crippen molar-refractivity contribution in [3.8, 4) is 0 Å². The SMILES string of the molecule is CCCN1CCC2(CC1)Cc1ccccc1CN(C(=O)CC)C2. The Morgan fingerprint density at radius 1 is 1.13 bits per heavy atom. The van der Waals surface area contributed by atoms with Crippen LogP contribution in [-0.4, -0.2) is 41.9 Å². The molecule has 1 aromatic carbocycles. The van der Waals surface area contributed by atoms with Gasteiger partial charge in [-0.15, -0.1) is 0 Å². The Morgan fingerprint density at radius 3 is 2.48 bits per heavy atom. The van der Waals surface area contributed by atoms with Crippen LogP contribution in [0.4, 0.5) is 0 Å². The van der Waals surface area contributed by atoms with Crippen LogP contribution >= 0.6 is 0 Å². The molecule has 3 heteroatoms. The quantitative estimate of drug-likeness (QED) is 0.853. The standard InChI is InChI=1S/C20H30N2O/c1-3-11-21-12-9-20(10-13-21)14-17-7-5-6-8-18(17)15-22(16-20)19(23)4-2/h5-8H,3-4,9-16H2,1-2H3. The summed E-state index contributed by atoms with van der Waals surface area (Å²) in [6, 6.07) is 8.73. The lowest BCUT2D eigenvalue weighted by atomic mass is 9.73. The predicted molar refractivity (Wildman–Crippen MR) is 94.3 cm³/mol. The molecule has 0 atom stereocenters. The van der Waals surface area contributed by atoms with E-state index < -0.39 is 0 Å². The van der Waals surface area contributed by atoms with Gasteiger partial charge in [-0.1, -0.05) is 38.1 Å². The first-order valence-electron chi connectivity index (χ1n) is 9.23. The van der Waals surface area contributed by atoms with Gasteiger partial charge in [0.2, 0.25) is 5.91 Å². The van der Waals surface area contributed by atoms with Crippen LogP contribution in [0.1, 0.15) is 50.7 Å². The van der Waals surface area contributed by atoms with E-state index in [0.717, 1.165) is 19.5 Å². The summed E-state index contributed by atoms with van der Waals surface area (Å²) in [5, 5.41) is 0. The molecule has 2 aliphatic heterocycles. The summed E-state index contributed by atoms with van der Waals surface area (Å²) < 4.78 is 0. The molecule has 0 N–H and O–H groups in total. The van der Waals surface area contributed by atoms with Crippen LogP contribution in [0.25, 0.3) is 0 Å². The van der Waals surface area contributed by atoms with Crippen LogP contribution in [0.3, 0.4) is 0 Å². The lowest BCUT2D eigenvalue weighted by molar-refractivity contribution is -0.133. The number of piperidine rings is 1. The van der Waals surface area contributed by atoms with E-state index in [1.165, 1.54) is 50.0 Å². The normalized spacial score (nSPS) is 21.0. The minimum Gasteiger partial charge on any atom is -0.338 e. The van der Waals surface area contributed by atoms with E-state index in [1.54, 1.807) is 0 Å². The van der Waals surface area contributed by atoms with Gasteiger partial charge < -0.3 is 9.80 Å². The number of nitrogens with zero attached hydrogens (tertiary/aromatic N) is 2. The minimum absolute atomic E-state index is 0.279. The van der Waals surface area contributed by atoms with E-state index in [9.17, 15) is 4.79 Å². The molecule has 2 aliphatic rings. The number of carbonyl (C=O) groups excluding carboxylic acids is 1. The summed E-state index contributed by atoms with van der Waals surface area (Å²) in [5.74, 6) is 0.303. The molecule has 1 fully saturated rings. The Balaban J connectivity index is 1.84. The van der Waals surface area contributed by atoms with Gasteiger partial charge in [0.1, 0.15) is 0 Å². The molecule has 0 unspecified atom stereocenters. The van der Waals surface area contributed by atoms with Gasteiger partial charge in [0.05, 0.1) is 0 Å². The summed E-state index contributed by atoms with van der Waals surface area (Å²) in [6.07, 6.45) is 5.41. The summed E-state index contributed by atoms with van der Waals surface area (Å²) in [5.41, 5.74) is 3.09. The number of rotatable bonds is 3. The third-order valence-corrected chi connectivity index (χ3v) is 5.68. The number of benzene rings is 1. The fourth-order valence-corrected chi connectivity index (χ4v) is 4.31. The Kier molecular flexibility index (Phi) is 5.05. The number of fused-ring (bicyclic) bond motifs is 1. The Labute approximate surface area is 140 Å². The second-order valence-electron chi connectivity index (χ2n) is 7.39. The van der Waals surface area contributed by atoms with Gasteiger partial charge >= 0.3 is 0 Å². The number of carbonyl (C=O) groups is 1. The van der Waals surface area contributed by atoms with Gasteiger partial charge in [0, 0.05) is 19.5 Å². The lowest BCUT2D eigenvalue weighted by Gasteiger charge is -2.43. The summed E-state index contributed by atoms with van der Waals surface area (Å²) in [6.45, 7) is 9.56. The highest BCUT2D eigenvalue weighted by atomic mass is 16.2. The molecule has 126 valence electrons. The van der Waals surface area contributed by atoms with Crippen molar-refractivity contribution in [3.05, 3.63) is 35.4 Å². The zero-order valence-corrected chi connectivity index (χ0v) is 14.7. The van der Waals surface area contributed by atoms with E-state index >= 15 is 0 Å². The van der Waals surface area contributed by atoms with Crippen molar-refractivity contribution < 1.29 is 4.79 Å². The van der Waals surface area contributed by atoms with E-state index in [1.807, 2.05) is 6.92 Å². The lowest BCUT2D eigenvalue weighted by Crippen LogP contribution is -2.47. The highest BCUT2D eigenvalue weighted by Gasteiger charge is 2.39. The molecular weight excluding hydrogens is 284 g/mol. The van der Waals surface area contributed by atoms with Crippen molar-refractivity contribution in [1.82, 2.24) is 9.80 Å². The molecule has 1 saturated heterocycles. The first-order chi connectivity index (χ1) is 11.2. The van der Waals surface area contributed by atoms with Gasteiger partial charge in [-0.05, 0) is 61.9 Å². The Bertz CT molecular complexity index is 546. The molecule has 3 rings (SSSR count). The molecular formula is C20H30N2O. The molecule has 3 nitrogen and oxygen atoms in total. The van der Waals surface area contributed by atoms with Gasteiger partial charge in [0.25, 0.3) is 0 Å². The first kappa shape index (κ1) is 16.5. The molecule has 1 aromatic rings. The molecule has 2 heterocycles. The average Bonchev–Trinajstić information content (AvgIpc) is 2.73. The van der Waals surface area contributed by atoms with Crippen LogP contribution in [0.2, 0.25) is 0 Å². The summed E-state index contributed by atoms with van der Waals surface area (Å²) in [4.78, 5) is 17.2. The molecule has 23 heavy (non-hydrogen) atoms. The van der Waals surface area contributed by atoms with Gasteiger partial charge in [-0.3, -0.25) is 4.79 Å². The van der Waals surface area contributed by atoms with Crippen LogP contribution in [0, 0.1) is 5.41 Å². The molecule has 1 amide bonds. The zero-order chi connectivity index (χ0) is 16.3. The monoisotopic (exact) mass is 314 g/mol. The van der Waals surface area contributed by atoms with Crippen molar-refractivity contribution >= 4 is 5.91 Å². The third-order valence-electron chi connectivity index (χ3n) is 5.68. The largest absolute Gasteiger partial charge is 0.338 e. The molecule has 0 radical (unpaired) electrons. The van der Waals surface area contributed by atoms with Gasteiger partial charge in [-0.25, -0.2) is 0 Å². The minimum atomic E-state index is 0.279. The molecule has 0 aromatic heterocycles. The number of amides is 1. The van der Waals surface area contributed by atoms with E-state index in [2.05, 4.69) is 41.0 Å². The van der Waals surface area contributed by atoms with E-state index in [0.29, 0.717) is 12.3 Å². The van der Waals surface area contributed by atoms with Crippen molar-refractivity contribution in [2.24, 2.45) is 5.41 Å². The molecule has 0 aliphatic carbocycles. The highest BCUT2D eigenvalue weighted by Crippen LogP contribution is 2.39. The Morgan fingerprint density at radius 2 is 1.83 bits per heavy atom. The highest BCUT2D eigenvalue weighted by molar-refractivity contribution is 5.76. The molecule has 1 spiro atoms. The number of likely N-dealkylation sites (tertiary alicyclic amines) is 1. The maximum absolute atomic E-state index is 12.4. The smallest absolute Gasteiger partial charge is 0.222 e. The topological polar surface area (TPSA) is 23.6 Å². The van der Waals surface area contributed by atoms with Crippen molar-refractivity contribution in [1.29, 1.82) is 0 Å². The third kappa shape index (κ3) is 3.60. The zero-order valence-electron chi connectivity index (χ0n) is 14.7. The van der Waals surface area contributed by atoms with Gasteiger partial charge in [0.15, 0.2) is 0 Å². The van der Waals surface area contributed by atoms with Crippen molar-refractivity contribution in [3.63, 3.8) is 0 Å². The second-order valence-corrected chi connectivity index (χ2v) is 7.39. The molecule has 0 bridgehead atoms. The van der Waals surface area contributed by atoms with Crippen LogP contribution in [0.15, 0.2) is 24.3 Å². The fraction of sp³-hybridized carbons (Fsp3) is 0.650. The summed E-state index contributed by atoms with van der Waals surface area (Å²) >= 11 is 0. The van der Waals surface area contributed by atoms with Crippen molar-refractivity contribution in [2.75, 3.05) is 26.2 Å². The maximum atomic E-state index is 12.4. The van der Waals surface area contributed by atoms with Gasteiger partial charge in [-0.2, -0.15) is 0 Å². The van der Waals surface area contributed by atoms with Crippen molar-refractivity contribution in [2.45, 2.75) is 52.5 Å². The number of hydrogen-bond donors (Lipinski definition) is 0. The van der Waals surface area contributed by atoms with Crippen LogP contribution < -0.4 is 0 Å². The maximum Gasteiger partial charge on any atom is 0.222 e. The average molecular weight is 314 g/mol. The van der Waals surface area contributed by atoms with E-state index in [4.69, 9.17) is 0 Å². The second kappa shape index (κ2) is 7.04. The fourth-order valence-electron chi connectivity index (χ4n) is 4.31. The first-order valence-corrected chi connectivity index (χ1v) is 9.23. The predicted octanol–water partition coefficient (Wildman–Crippen LogP) is 3.47. The van der Waals surface area contributed by atoms with Crippen LogP contribution in [0.5, 0.6) is 0 Å².